The van der Waals surface area contributed by atoms with E-state index in [9.17, 15) is 24.0 Å². The molecule has 10 heteroatoms. The van der Waals surface area contributed by atoms with E-state index in [-0.39, 0.29) is 29.7 Å². The molecule has 3 aliphatic rings. The summed E-state index contributed by atoms with van der Waals surface area (Å²) in [4.78, 5) is 68.0. The topological polar surface area (TPSA) is 134 Å². The van der Waals surface area contributed by atoms with Gasteiger partial charge in [-0.3, -0.25) is 19.2 Å². The highest BCUT2D eigenvalue weighted by Gasteiger charge is 2.61. The monoisotopic (exact) mass is 574 g/mol. The number of hydrogen-bond acceptors (Lipinski definition) is 6. The normalized spacial score (nSPS) is 24.7. The Bertz CT molecular complexity index is 1050. The summed E-state index contributed by atoms with van der Waals surface area (Å²) < 4.78 is 5.44. The number of likely N-dealkylation sites (tertiary alicyclic amines) is 1. The van der Waals surface area contributed by atoms with Crippen molar-refractivity contribution in [1.29, 1.82) is 0 Å². The third kappa shape index (κ3) is 8.10. The van der Waals surface area contributed by atoms with Crippen molar-refractivity contribution in [1.82, 2.24) is 20.9 Å². The highest BCUT2D eigenvalue weighted by molar-refractivity contribution is 6.38. The van der Waals surface area contributed by atoms with Crippen molar-refractivity contribution in [2.75, 3.05) is 13.1 Å². The molecule has 0 aromatic rings. The number of amides is 4. The van der Waals surface area contributed by atoms with Crippen molar-refractivity contribution in [3.05, 3.63) is 12.7 Å². The summed E-state index contributed by atoms with van der Waals surface area (Å²) in [5.41, 5.74) is -1.47. The first-order chi connectivity index (χ1) is 18.9. The van der Waals surface area contributed by atoms with Crippen LogP contribution in [0.3, 0.4) is 0 Å². The van der Waals surface area contributed by atoms with E-state index in [0.29, 0.717) is 18.9 Å². The molecule has 1 saturated heterocycles. The van der Waals surface area contributed by atoms with Crippen LogP contribution in [0.15, 0.2) is 12.7 Å². The fourth-order valence-corrected chi connectivity index (χ4v) is 6.14. The zero-order valence-electron chi connectivity index (χ0n) is 26.1. The molecule has 3 N–H and O–H groups in total. The van der Waals surface area contributed by atoms with Gasteiger partial charge in [0.05, 0.1) is 6.04 Å². The van der Waals surface area contributed by atoms with Crippen molar-refractivity contribution < 1.29 is 28.7 Å². The largest absolute Gasteiger partial charge is 0.444 e. The van der Waals surface area contributed by atoms with Crippen LogP contribution >= 0.6 is 0 Å². The molecule has 1 aliphatic heterocycles. The molecule has 2 saturated carbocycles. The van der Waals surface area contributed by atoms with Crippen LogP contribution in [0.4, 0.5) is 4.79 Å². The van der Waals surface area contributed by atoms with Gasteiger partial charge in [0.25, 0.3) is 5.91 Å². The fourth-order valence-electron chi connectivity index (χ4n) is 6.14. The van der Waals surface area contributed by atoms with Crippen LogP contribution in [-0.4, -0.2) is 71.3 Å². The second-order valence-electron chi connectivity index (χ2n) is 14.8. The standard InChI is InChI=1S/C31H50N4O6/c1-10-15-32-26(38)23(36)21(14-13-18-11-12-18)33-25(37)22-19-16-31(8,9)20(19)17-35(22)27(39)24(29(2,3)4)34-28(40)41-30(5,6)7/h10,18-22,24H,1,11-17H2,2-9H3,(H,32,38)(H,33,37)(H,34,40)/t19-,20-,21?,22-,24+/m0/s1. The summed E-state index contributed by atoms with van der Waals surface area (Å²) in [6.07, 6.45) is 4.80. The van der Waals surface area contributed by atoms with Crippen molar-refractivity contribution in [2.24, 2.45) is 28.6 Å². The Morgan fingerprint density at radius 2 is 1.68 bits per heavy atom. The average molecular weight is 575 g/mol. The molecule has 5 atom stereocenters. The van der Waals surface area contributed by atoms with Gasteiger partial charge in [-0.15, -0.1) is 6.58 Å². The van der Waals surface area contributed by atoms with E-state index in [1.54, 1.807) is 25.7 Å². The number of carbonyl (C=O) groups is 5. The maximum absolute atomic E-state index is 14.1. The summed E-state index contributed by atoms with van der Waals surface area (Å²) in [6.45, 7) is 19.1. The van der Waals surface area contributed by atoms with Crippen LogP contribution in [-0.2, 0) is 23.9 Å². The Kier molecular flexibility index (Phi) is 9.65. The number of ether oxygens (including phenoxy) is 1. The van der Waals surface area contributed by atoms with Crippen LogP contribution < -0.4 is 16.0 Å². The van der Waals surface area contributed by atoms with Crippen molar-refractivity contribution in [3.8, 4) is 0 Å². The summed E-state index contributed by atoms with van der Waals surface area (Å²) in [6, 6.07) is -2.72. The number of ketones is 1. The summed E-state index contributed by atoms with van der Waals surface area (Å²) in [5, 5.41) is 8.13. The van der Waals surface area contributed by atoms with E-state index in [0.717, 1.165) is 25.7 Å². The van der Waals surface area contributed by atoms with Crippen LogP contribution in [0.1, 0.15) is 87.5 Å². The van der Waals surface area contributed by atoms with Gasteiger partial charge in [0.15, 0.2) is 0 Å². The van der Waals surface area contributed by atoms with Crippen LogP contribution in [0, 0.1) is 28.6 Å². The highest BCUT2D eigenvalue weighted by Crippen LogP contribution is 2.57. The maximum atomic E-state index is 14.1. The second-order valence-corrected chi connectivity index (χ2v) is 14.8. The van der Waals surface area contributed by atoms with Gasteiger partial charge < -0.3 is 25.6 Å². The molecule has 2 aliphatic carbocycles. The smallest absolute Gasteiger partial charge is 0.408 e. The number of hydrogen-bond donors (Lipinski definition) is 3. The molecular formula is C31H50N4O6. The van der Waals surface area contributed by atoms with Crippen molar-refractivity contribution in [2.45, 2.75) is 111 Å². The lowest BCUT2D eigenvalue weighted by molar-refractivity contribution is -0.145. The highest BCUT2D eigenvalue weighted by atomic mass is 16.6. The summed E-state index contributed by atoms with van der Waals surface area (Å²) in [5.74, 6) is -1.73. The van der Waals surface area contributed by atoms with Gasteiger partial charge in [-0.1, -0.05) is 53.5 Å². The Morgan fingerprint density at radius 3 is 2.20 bits per heavy atom. The molecule has 0 aromatic heterocycles. The van der Waals surface area contributed by atoms with Gasteiger partial charge in [0, 0.05) is 13.1 Å². The number of carbonyl (C=O) groups excluding carboxylic acids is 5. The number of nitrogens with zero attached hydrogens (tertiary/aromatic N) is 1. The Balaban J connectivity index is 1.85. The molecule has 1 unspecified atom stereocenters. The van der Waals surface area contributed by atoms with Gasteiger partial charge in [0.2, 0.25) is 17.6 Å². The van der Waals surface area contributed by atoms with Crippen LogP contribution in [0.2, 0.25) is 0 Å². The molecule has 0 aromatic carbocycles. The Morgan fingerprint density at radius 1 is 1.05 bits per heavy atom. The number of nitrogens with one attached hydrogen (secondary N) is 3. The van der Waals surface area contributed by atoms with Gasteiger partial charge in [-0.2, -0.15) is 0 Å². The maximum Gasteiger partial charge on any atom is 0.408 e. The number of alkyl carbamates (subject to hydrolysis) is 1. The molecule has 4 amide bonds. The van der Waals surface area contributed by atoms with Crippen molar-refractivity contribution >= 4 is 29.6 Å². The minimum Gasteiger partial charge on any atom is -0.444 e. The zero-order chi connectivity index (χ0) is 30.9. The van der Waals surface area contributed by atoms with E-state index in [4.69, 9.17) is 4.74 Å². The molecule has 230 valence electrons. The first-order valence-corrected chi connectivity index (χ1v) is 14.9. The molecule has 10 nitrogen and oxygen atoms in total. The molecule has 0 spiro atoms. The van der Waals surface area contributed by atoms with E-state index in [2.05, 4.69) is 36.4 Å². The minimum absolute atomic E-state index is 0.0557. The predicted octanol–water partition coefficient (Wildman–Crippen LogP) is 3.35. The lowest BCUT2D eigenvalue weighted by Gasteiger charge is -2.48. The lowest BCUT2D eigenvalue weighted by atomic mass is 9.55. The van der Waals surface area contributed by atoms with Gasteiger partial charge >= 0.3 is 6.09 Å². The van der Waals surface area contributed by atoms with Gasteiger partial charge in [-0.05, 0) is 68.6 Å². The van der Waals surface area contributed by atoms with Crippen LogP contribution in [0.5, 0.6) is 0 Å². The summed E-state index contributed by atoms with van der Waals surface area (Å²) in [7, 11) is 0. The summed E-state index contributed by atoms with van der Waals surface area (Å²) >= 11 is 0. The first kappa shape index (κ1) is 32.6. The fraction of sp³-hybridized carbons (Fsp3) is 0.774. The third-order valence-electron chi connectivity index (χ3n) is 8.57. The molecule has 3 rings (SSSR count). The van der Waals surface area contributed by atoms with E-state index < -0.39 is 52.8 Å². The Hall–Kier alpha value is -2.91. The number of rotatable bonds is 11. The molecule has 41 heavy (non-hydrogen) atoms. The lowest BCUT2D eigenvalue weighted by Crippen LogP contribution is -2.60. The molecule has 3 fully saturated rings. The third-order valence-corrected chi connectivity index (χ3v) is 8.57. The Labute approximate surface area is 244 Å². The average Bonchev–Trinajstić information content (AvgIpc) is 3.60. The molecule has 0 bridgehead atoms. The van der Waals surface area contributed by atoms with Crippen molar-refractivity contribution in [3.63, 3.8) is 0 Å². The quantitative estimate of drug-likeness (QED) is 0.256. The SMILES string of the molecule is C=CCNC(=O)C(=O)C(CCC1CC1)NC(=O)[C@@H]1[C@H]2CC(C)(C)[C@H]2CN1C(=O)[C@@H](NC(=O)OC(C)(C)C)C(C)(C)C. The van der Waals surface area contributed by atoms with Crippen LogP contribution in [0.25, 0.3) is 0 Å². The number of Topliss-reactive ketones (excluding diaryl/α,β-unsaturated/α-hetero) is 1. The first-order valence-electron chi connectivity index (χ1n) is 14.9. The minimum atomic E-state index is -0.977. The molecular weight excluding hydrogens is 524 g/mol. The molecule has 1 heterocycles. The van der Waals surface area contributed by atoms with E-state index in [1.807, 2.05) is 20.8 Å². The second kappa shape index (κ2) is 12.1. The zero-order valence-corrected chi connectivity index (χ0v) is 26.1. The van der Waals surface area contributed by atoms with Gasteiger partial charge in [-0.25, -0.2) is 4.79 Å². The number of fused-ring (bicyclic) bond motifs is 1. The predicted molar refractivity (Wildman–Crippen MR) is 156 cm³/mol. The van der Waals surface area contributed by atoms with Gasteiger partial charge in [0.1, 0.15) is 17.7 Å². The molecule has 0 radical (unpaired) electrons. The van der Waals surface area contributed by atoms with E-state index >= 15 is 0 Å². The van der Waals surface area contributed by atoms with E-state index in [1.165, 1.54) is 6.08 Å².